The van der Waals surface area contributed by atoms with Crippen LogP contribution in [0.15, 0.2) is 54.6 Å². The molecule has 0 saturated carbocycles. The minimum absolute atomic E-state index is 0.348. The van der Waals surface area contributed by atoms with Crippen molar-refractivity contribution in [3.63, 3.8) is 0 Å². The van der Waals surface area contributed by atoms with Crippen LogP contribution in [0.1, 0.15) is 18.6 Å². The van der Waals surface area contributed by atoms with Gasteiger partial charge in [0.1, 0.15) is 6.10 Å². The van der Waals surface area contributed by atoms with Gasteiger partial charge in [0.15, 0.2) is 0 Å². The summed E-state index contributed by atoms with van der Waals surface area (Å²) in [5.74, 6) is 0. The number of hydrogen-bond donors (Lipinski definition) is 1. The molecule has 18 heavy (non-hydrogen) atoms. The van der Waals surface area contributed by atoms with Crippen LogP contribution in [-0.2, 0) is 4.74 Å². The fourth-order valence-electron chi connectivity index (χ4n) is 1.85. The van der Waals surface area contributed by atoms with E-state index < -0.39 is 6.10 Å². The second-order valence-corrected chi connectivity index (χ2v) is 4.16. The maximum absolute atomic E-state index is 9.89. The van der Waals surface area contributed by atoms with E-state index in [0.29, 0.717) is 13.2 Å². The van der Waals surface area contributed by atoms with Crippen LogP contribution in [0.5, 0.6) is 0 Å². The molecule has 0 heterocycles. The minimum atomic E-state index is -0.547. The molecule has 0 bridgehead atoms. The lowest BCUT2D eigenvalue weighted by Gasteiger charge is -2.11. The number of aliphatic hydroxyl groups excluding tert-OH is 1. The zero-order chi connectivity index (χ0) is 12.8. The van der Waals surface area contributed by atoms with E-state index >= 15 is 0 Å². The van der Waals surface area contributed by atoms with Crippen molar-refractivity contribution in [1.82, 2.24) is 0 Å². The molecule has 0 amide bonds. The van der Waals surface area contributed by atoms with Gasteiger partial charge in [0.05, 0.1) is 6.61 Å². The van der Waals surface area contributed by atoms with Crippen molar-refractivity contribution < 1.29 is 9.84 Å². The van der Waals surface area contributed by atoms with E-state index in [1.54, 1.807) is 0 Å². The summed E-state index contributed by atoms with van der Waals surface area (Å²) in [6.45, 7) is 2.89. The van der Waals surface area contributed by atoms with Gasteiger partial charge in [0.25, 0.3) is 0 Å². The van der Waals surface area contributed by atoms with Crippen LogP contribution in [0.25, 0.3) is 11.1 Å². The predicted molar refractivity (Wildman–Crippen MR) is 73.3 cm³/mol. The first kappa shape index (κ1) is 12.8. The number of rotatable bonds is 5. The molecule has 2 nitrogen and oxygen atoms in total. The topological polar surface area (TPSA) is 29.5 Å². The summed E-state index contributed by atoms with van der Waals surface area (Å²) in [5.41, 5.74) is 3.23. The van der Waals surface area contributed by atoms with E-state index in [1.807, 2.05) is 49.4 Å². The first-order valence-electron chi connectivity index (χ1n) is 6.22. The van der Waals surface area contributed by atoms with Crippen molar-refractivity contribution in [1.29, 1.82) is 0 Å². The Hall–Kier alpha value is -1.64. The van der Waals surface area contributed by atoms with Gasteiger partial charge in [0.2, 0.25) is 0 Å². The molecule has 0 fully saturated rings. The highest BCUT2D eigenvalue weighted by molar-refractivity contribution is 5.63. The molecule has 2 heteroatoms. The van der Waals surface area contributed by atoms with Crippen molar-refractivity contribution in [2.75, 3.05) is 13.2 Å². The molecule has 2 rings (SSSR count). The Kier molecular flexibility index (Phi) is 4.51. The third-order valence-electron chi connectivity index (χ3n) is 2.88. The monoisotopic (exact) mass is 242 g/mol. The SMILES string of the molecule is CCOCC(O)c1ccc(-c2ccccc2)cc1. The van der Waals surface area contributed by atoms with Gasteiger partial charge in [0, 0.05) is 6.61 Å². The molecule has 0 aromatic heterocycles. The molecule has 0 aliphatic heterocycles. The first-order chi connectivity index (χ1) is 8.81. The van der Waals surface area contributed by atoms with E-state index in [1.165, 1.54) is 5.56 Å². The van der Waals surface area contributed by atoms with Crippen molar-refractivity contribution in [3.8, 4) is 11.1 Å². The van der Waals surface area contributed by atoms with E-state index in [0.717, 1.165) is 11.1 Å². The smallest absolute Gasteiger partial charge is 0.102 e. The molecule has 0 aliphatic rings. The van der Waals surface area contributed by atoms with Gasteiger partial charge in [-0.1, -0.05) is 54.6 Å². The second-order valence-electron chi connectivity index (χ2n) is 4.16. The van der Waals surface area contributed by atoms with Crippen LogP contribution >= 0.6 is 0 Å². The Bertz CT molecular complexity index is 462. The summed E-state index contributed by atoms with van der Waals surface area (Å²) >= 11 is 0. The van der Waals surface area contributed by atoms with Gasteiger partial charge in [-0.2, -0.15) is 0 Å². The van der Waals surface area contributed by atoms with Crippen LogP contribution in [0.2, 0.25) is 0 Å². The summed E-state index contributed by atoms with van der Waals surface area (Å²) < 4.78 is 5.21. The third kappa shape index (κ3) is 3.19. The summed E-state index contributed by atoms with van der Waals surface area (Å²) in [6.07, 6.45) is -0.547. The Balaban J connectivity index is 2.10. The molecular weight excluding hydrogens is 224 g/mol. The molecule has 94 valence electrons. The quantitative estimate of drug-likeness (QED) is 0.870. The lowest BCUT2D eigenvalue weighted by atomic mass is 10.0. The van der Waals surface area contributed by atoms with E-state index in [2.05, 4.69) is 12.1 Å². The van der Waals surface area contributed by atoms with E-state index in [9.17, 15) is 5.11 Å². The van der Waals surface area contributed by atoms with Crippen LogP contribution < -0.4 is 0 Å². The van der Waals surface area contributed by atoms with Crippen molar-refractivity contribution in [3.05, 3.63) is 60.2 Å². The third-order valence-corrected chi connectivity index (χ3v) is 2.88. The number of aliphatic hydroxyl groups is 1. The number of benzene rings is 2. The van der Waals surface area contributed by atoms with E-state index in [-0.39, 0.29) is 0 Å². The molecule has 0 aliphatic carbocycles. The van der Waals surface area contributed by atoms with E-state index in [4.69, 9.17) is 4.74 Å². The van der Waals surface area contributed by atoms with Crippen molar-refractivity contribution >= 4 is 0 Å². The van der Waals surface area contributed by atoms with Gasteiger partial charge in [-0.25, -0.2) is 0 Å². The highest BCUT2D eigenvalue weighted by Gasteiger charge is 2.07. The average Bonchev–Trinajstić information content (AvgIpc) is 2.46. The standard InChI is InChI=1S/C16H18O2/c1-2-18-12-16(17)15-10-8-14(9-11-15)13-6-4-3-5-7-13/h3-11,16-17H,2,12H2,1H3. The van der Waals surface area contributed by atoms with Gasteiger partial charge < -0.3 is 9.84 Å². The van der Waals surface area contributed by atoms with Crippen molar-refractivity contribution in [2.45, 2.75) is 13.0 Å². The Morgan fingerprint density at radius 3 is 2.17 bits per heavy atom. The number of hydrogen-bond acceptors (Lipinski definition) is 2. The molecule has 1 unspecified atom stereocenters. The van der Waals surface area contributed by atoms with Crippen LogP contribution in [0.3, 0.4) is 0 Å². The Labute approximate surface area is 108 Å². The minimum Gasteiger partial charge on any atom is -0.386 e. The predicted octanol–water partition coefficient (Wildman–Crippen LogP) is 3.42. The van der Waals surface area contributed by atoms with Crippen LogP contribution in [0.4, 0.5) is 0 Å². The lowest BCUT2D eigenvalue weighted by molar-refractivity contribution is 0.0420. The zero-order valence-corrected chi connectivity index (χ0v) is 10.5. The molecule has 0 saturated heterocycles. The van der Waals surface area contributed by atoms with Gasteiger partial charge in [-0.15, -0.1) is 0 Å². The maximum Gasteiger partial charge on any atom is 0.102 e. The molecule has 1 atom stereocenters. The average molecular weight is 242 g/mol. The fraction of sp³-hybridized carbons (Fsp3) is 0.250. The molecule has 0 spiro atoms. The van der Waals surface area contributed by atoms with Gasteiger partial charge >= 0.3 is 0 Å². The van der Waals surface area contributed by atoms with Gasteiger partial charge in [-0.05, 0) is 23.6 Å². The summed E-state index contributed by atoms with van der Waals surface area (Å²) in [4.78, 5) is 0. The summed E-state index contributed by atoms with van der Waals surface area (Å²) in [7, 11) is 0. The molecule has 1 N–H and O–H groups in total. The Morgan fingerprint density at radius 1 is 0.944 bits per heavy atom. The zero-order valence-electron chi connectivity index (χ0n) is 10.5. The van der Waals surface area contributed by atoms with Crippen LogP contribution in [0, 0.1) is 0 Å². The highest BCUT2D eigenvalue weighted by atomic mass is 16.5. The Morgan fingerprint density at radius 2 is 1.56 bits per heavy atom. The van der Waals surface area contributed by atoms with Crippen LogP contribution in [-0.4, -0.2) is 18.3 Å². The largest absolute Gasteiger partial charge is 0.386 e. The van der Waals surface area contributed by atoms with Crippen molar-refractivity contribution in [2.24, 2.45) is 0 Å². The molecule has 0 radical (unpaired) electrons. The first-order valence-corrected chi connectivity index (χ1v) is 6.22. The summed E-state index contributed by atoms with van der Waals surface area (Å²) in [5, 5.41) is 9.89. The molecule has 2 aromatic carbocycles. The highest BCUT2D eigenvalue weighted by Crippen LogP contribution is 2.21. The second kappa shape index (κ2) is 6.34. The maximum atomic E-state index is 9.89. The fourth-order valence-corrected chi connectivity index (χ4v) is 1.85. The summed E-state index contributed by atoms with van der Waals surface area (Å²) in [6, 6.07) is 18.2. The number of ether oxygens (including phenoxy) is 1. The lowest BCUT2D eigenvalue weighted by Crippen LogP contribution is -2.06. The molecule has 2 aromatic rings. The normalized spacial score (nSPS) is 12.3. The molecular formula is C16H18O2. The van der Waals surface area contributed by atoms with Gasteiger partial charge in [-0.3, -0.25) is 0 Å².